The lowest BCUT2D eigenvalue weighted by Gasteiger charge is -2.36. The molecule has 6 heterocycles. The molecule has 3 aliphatic rings. The maximum Gasteiger partial charge on any atom is 0.328 e. The van der Waals surface area contributed by atoms with Gasteiger partial charge in [0.05, 0.1) is 17.6 Å². The molecule has 54 heavy (non-hydrogen) atoms. The van der Waals surface area contributed by atoms with Crippen LogP contribution in [-0.2, 0) is 22.7 Å². The van der Waals surface area contributed by atoms with E-state index in [0.717, 1.165) is 36.9 Å². The van der Waals surface area contributed by atoms with Crippen molar-refractivity contribution in [3.63, 3.8) is 0 Å². The Labute approximate surface area is 312 Å². The molecule has 3 N–H and O–H groups in total. The topological polar surface area (TPSA) is 177 Å². The number of urea groups is 1. The van der Waals surface area contributed by atoms with Gasteiger partial charge in [-0.05, 0) is 53.6 Å². The first kappa shape index (κ1) is 34.7. The lowest BCUT2D eigenvalue weighted by molar-refractivity contribution is -0.121. The molecule has 2 saturated heterocycles. The van der Waals surface area contributed by atoms with Gasteiger partial charge in [-0.3, -0.25) is 39.8 Å². The molecule has 0 spiro atoms. The van der Waals surface area contributed by atoms with Crippen LogP contribution in [0.1, 0.15) is 39.5 Å². The number of phenols is 1. The van der Waals surface area contributed by atoms with Crippen molar-refractivity contribution in [3.8, 4) is 17.0 Å². The Balaban J connectivity index is 0.937. The highest BCUT2D eigenvalue weighted by atomic mass is 32.1. The summed E-state index contributed by atoms with van der Waals surface area (Å²) in [5, 5.41) is 26.7. The minimum absolute atomic E-state index is 0.0416. The minimum Gasteiger partial charge on any atom is -0.508 e. The highest BCUT2D eigenvalue weighted by Gasteiger charge is 2.39. The predicted octanol–water partition coefficient (Wildman–Crippen LogP) is 3.94. The van der Waals surface area contributed by atoms with Crippen LogP contribution in [0.2, 0.25) is 0 Å². The monoisotopic (exact) mass is 748 g/mol. The van der Waals surface area contributed by atoms with Gasteiger partial charge in [0.25, 0.3) is 11.8 Å². The summed E-state index contributed by atoms with van der Waals surface area (Å²) in [5.41, 5.74) is 3.84. The third-order valence-corrected chi connectivity index (χ3v) is 10.4. The number of amides is 5. The Morgan fingerprint density at radius 1 is 0.981 bits per heavy atom. The fourth-order valence-corrected chi connectivity index (χ4v) is 7.49. The number of imide groups is 1. The molecule has 274 valence electrons. The Morgan fingerprint density at radius 2 is 1.83 bits per heavy atom. The van der Waals surface area contributed by atoms with Crippen molar-refractivity contribution >= 4 is 51.7 Å². The van der Waals surface area contributed by atoms with Gasteiger partial charge in [-0.1, -0.05) is 12.1 Å². The van der Waals surface area contributed by atoms with E-state index >= 15 is 0 Å². The number of hydrogen-bond acceptors (Lipinski definition) is 12. The number of hydrogen-bond donors (Lipinski definition) is 3. The molecule has 17 heteroatoms. The quantitative estimate of drug-likeness (QED) is 0.199. The van der Waals surface area contributed by atoms with Gasteiger partial charge in [-0.25, -0.2) is 14.2 Å². The maximum atomic E-state index is 14.4. The average Bonchev–Trinajstić information content (AvgIpc) is 3.81. The second-order valence-electron chi connectivity index (χ2n) is 13.0. The van der Waals surface area contributed by atoms with Crippen molar-refractivity contribution in [3.05, 3.63) is 107 Å². The fraction of sp³-hybridized carbons (Fsp3) is 0.243. The number of aromatic hydroxyl groups is 1. The molecule has 3 aliphatic heterocycles. The summed E-state index contributed by atoms with van der Waals surface area (Å²) in [6, 6.07) is 12.5. The van der Waals surface area contributed by atoms with E-state index in [1.165, 1.54) is 22.4 Å². The van der Waals surface area contributed by atoms with Crippen molar-refractivity contribution in [1.29, 1.82) is 0 Å². The number of thiazole rings is 1. The van der Waals surface area contributed by atoms with Crippen molar-refractivity contribution in [2.75, 3.05) is 47.8 Å². The SMILES string of the molecule is O=C1CCN(c2cnccc2CN2CCN(c3ccc(-c4ccc5c(c4)C(=O)N(C(C(=O)Nc4nccs4)c4cc(F)ccc4O)C5)nn3)CC2)C(=O)N1. The molecule has 5 aromatic rings. The van der Waals surface area contributed by atoms with Gasteiger partial charge in [-0.15, -0.1) is 21.5 Å². The zero-order chi connectivity index (χ0) is 37.3. The first-order chi connectivity index (χ1) is 26.2. The lowest BCUT2D eigenvalue weighted by Crippen LogP contribution is -2.50. The molecule has 2 aromatic carbocycles. The summed E-state index contributed by atoms with van der Waals surface area (Å²) in [4.78, 5) is 67.2. The first-order valence-corrected chi connectivity index (χ1v) is 18.1. The van der Waals surface area contributed by atoms with Gasteiger partial charge >= 0.3 is 6.03 Å². The number of phenolic OH excluding ortho intramolecular Hbond substituents is 1. The highest BCUT2D eigenvalue weighted by molar-refractivity contribution is 7.13. The summed E-state index contributed by atoms with van der Waals surface area (Å²) in [6.07, 6.45) is 5.12. The number of rotatable bonds is 9. The number of nitrogens with zero attached hydrogens (tertiary/aromatic N) is 8. The van der Waals surface area contributed by atoms with Crippen molar-refractivity contribution in [1.82, 2.24) is 35.3 Å². The second-order valence-corrected chi connectivity index (χ2v) is 13.9. The van der Waals surface area contributed by atoms with E-state index in [9.17, 15) is 28.7 Å². The van der Waals surface area contributed by atoms with Gasteiger partial charge in [0.15, 0.2) is 10.9 Å². The van der Waals surface area contributed by atoms with Crippen LogP contribution in [0.4, 0.5) is 25.8 Å². The van der Waals surface area contributed by atoms with Crippen LogP contribution in [0.3, 0.4) is 0 Å². The molecule has 0 aliphatic carbocycles. The zero-order valence-electron chi connectivity index (χ0n) is 28.7. The standard InChI is InChI=1S/C37H33FN10O5S/c38-25-3-5-30(49)27(18-25)33(34(51)42-36-40-10-16-54-36)48-21-23-2-1-22(17-26(23)35(48)52)28-4-6-31(44-43-28)46-14-12-45(13-15-46)20-24-7-9-39-19-29(24)47-11-8-32(50)41-37(47)53/h1-7,9-10,16-19,33,49H,8,11-15,20-21H2,(H,40,42,51)(H,41,50,53). The van der Waals surface area contributed by atoms with Crippen molar-refractivity contribution < 1.29 is 28.7 Å². The van der Waals surface area contributed by atoms with Crippen LogP contribution in [-0.4, -0.2) is 91.5 Å². The van der Waals surface area contributed by atoms with Crippen LogP contribution in [0.5, 0.6) is 5.75 Å². The third kappa shape index (κ3) is 6.93. The number of anilines is 3. The molecular weight excluding hydrogens is 716 g/mol. The smallest absolute Gasteiger partial charge is 0.328 e. The molecule has 3 aromatic heterocycles. The molecule has 15 nitrogen and oxygen atoms in total. The summed E-state index contributed by atoms with van der Waals surface area (Å²) < 4.78 is 14.4. The molecule has 2 fully saturated rings. The molecule has 0 radical (unpaired) electrons. The first-order valence-electron chi connectivity index (χ1n) is 17.2. The Hall–Kier alpha value is -6.33. The van der Waals surface area contributed by atoms with Crippen LogP contribution in [0, 0.1) is 5.82 Å². The van der Waals surface area contributed by atoms with Crippen LogP contribution >= 0.6 is 11.3 Å². The summed E-state index contributed by atoms with van der Waals surface area (Å²) in [5.74, 6) is -1.64. The van der Waals surface area contributed by atoms with Crippen LogP contribution in [0.15, 0.2) is 78.6 Å². The number of carbonyl (C=O) groups excluding carboxylic acids is 4. The number of carbonyl (C=O) groups is 4. The van der Waals surface area contributed by atoms with E-state index in [-0.39, 0.29) is 30.2 Å². The number of piperazine rings is 1. The van der Waals surface area contributed by atoms with Gasteiger partial charge < -0.3 is 14.9 Å². The molecule has 0 saturated carbocycles. The van der Waals surface area contributed by atoms with Gasteiger partial charge in [-0.2, -0.15) is 0 Å². The number of fused-ring (bicyclic) bond motifs is 1. The molecular formula is C37H33FN10O5S. The van der Waals surface area contributed by atoms with Gasteiger partial charge in [0, 0.05) is 86.7 Å². The maximum absolute atomic E-state index is 14.4. The third-order valence-electron chi connectivity index (χ3n) is 9.72. The van der Waals surface area contributed by atoms with Crippen molar-refractivity contribution in [2.45, 2.75) is 25.6 Å². The van der Waals surface area contributed by atoms with Crippen LogP contribution < -0.4 is 20.4 Å². The van der Waals surface area contributed by atoms with E-state index < -0.39 is 29.7 Å². The number of nitrogens with one attached hydrogen (secondary N) is 2. The molecule has 0 bridgehead atoms. The lowest BCUT2D eigenvalue weighted by atomic mass is 10.0. The summed E-state index contributed by atoms with van der Waals surface area (Å²) in [6.45, 7) is 3.88. The highest BCUT2D eigenvalue weighted by Crippen LogP contribution is 2.38. The zero-order valence-corrected chi connectivity index (χ0v) is 29.5. The largest absolute Gasteiger partial charge is 0.508 e. The van der Waals surface area contributed by atoms with E-state index in [0.29, 0.717) is 65.2 Å². The Kier molecular flexibility index (Phi) is 9.39. The van der Waals surface area contributed by atoms with E-state index in [1.807, 2.05) is 24.3 Å². The minimum atomic E-state index is -1.33. The Morgan fingerprint density at radius 3 is 2.59 bits per heavy atom. The molecule has 1 atom stereocenters. The van der Waals surface area contributed by atoms with E-state index in [2.05, 4.69) is 40.6 Å². The number of benzene rings is 2. The number of aromatic nitrogens is 4. The second kappa shape index (κ2) is 14.6. The van der Waals surface area contributed by atoms with E-state index in [1.54, 1.807) is 34.8 Å². The van der Waals surface area contributed by atoms with Crippen molar-refractivity contribution in [2.24, 2.45) is 0 Å². The van der Waals surface area contributed by atoms with E-state index in [4.69, 9.17) is 0 Å². The predicted molar refractivity (Wildman–Crippen MR) is 196 cm³/mol. The molecule has 5 amide bonds. The van der Waals surface area contributed by atoms with Crippen LogP contribution in [0.25, 0.3) is 11.3 Å². The average molecular weight is 749 g/mol. The number of pyridine rings is 1. The Bertz CT molecular complexity index is 2250. The molecule has 8 rings (SSSR count). The normalized spacial score (nSPS) is 16.7. The van der Waals surface area contributed by atoms with Gasteiger partial charge in [0.1, 0.15) is 17.6 Å². The fourth-order valence-electron chi connectivity index (χ4n) is 6.95. The summed E-state index contributed by atoms with van der Waals surface area (Å²) in [7, 11) is 0. The number of halogens is 1. The molecule has 1 unspecified atom stereocenters. The van der Waals surface area contributed by atoms with Gasteiger partial charge in [0.2, 0.25) is 5.91 Å². The summed E-state index contributed by atoms with van der Waals surface area (Å²) >= 11 is 1.19.